The van der Waals surface area contributed by atoms with E-state index in [-0.39, 0.29) is 11.7 Å². The van der Waals surface area contributed by atoms with Crippen LogP contribution in [0, 0.1) is 12.7 Å². The molecule has 0 amide bonds. The molecular formula is C14H18FN5. The van der Waals surface area contributed by atoms with Crippen molar-refractivity contribution in [3.8, 4) is 0 Å². The number of hydrogen-bond acceptors (Lipinski definition) is 5. The number of anilines is 3. The number of rotatable bonds is 4. The molecule has 0 radical (unpaired) electrons. The molecule has 0 bridgehead atoms. The number of halogens is 1. The smallest absolute Gasteiger partial charge is 0.148 e. The lowest BCUT2D eigenvalue weighted by Gasteiger charge is -2.16. The molecule has 6 heteroatoms. The molecule has 0 atom stereocenters. The van der Waals surface area contributed by atoms with Gasteiger partial charge in [-0.1, -0.05) is 13.8 Å². The van der Waals surface area contributed by atoms with E-state index in [1.807, 2.05) is 26.8 Å². The van der Waals surface area contributed by atoms with Crippen LogP contribution in [-0.4, -0.2) is 9.97 Å². The molecule has 20 heavy (non-hydrogen) atoms. The minimum absolute atomic E-state index is 0.166. The minimum atomic E-state index is -0.287. The predicted molar refractivity (Wildman–Crippen MR) is 78.4 cm³/mol. The summed E-state index contributed by atoms with van der Waals surface area (Å²) in [5.74, 6) is 6.53. The molecule has 0 spiro atoms. The summed E-state index contributed by atoms with van der Waals surface area (Å²) in [5.41, 5.74) is 4.90. The summed E-state index contributed by atoms with van der Waals surface area (Å²) in [6.07, 6.45) is 1.41. The van der Waals surface area contributed by atoms with E-state index < -0.39 is 0 Å². The maximum Gasteiger partial charge on any atom is 0.148 e. The second-order valence-electron chi connectivity index (χ2n) is 4.93. The number of nitrogen functional groups attached to an aromatic ring is 1. The molecule has 0 aliphatic carbocycles. The Labute approximate surface area is 117 Å². The number of aromatic nitrogens is 2. The normalized spacial score (nSPS) is 10.7. The molecule has 2 aromatic rings. The maximum absolute atomic E-state index is 13.4. The van der Waals surface area contributed by atoms with Crippen LogP contribution in [0.15, 0.2) is 24.5 Å². The standard InChI is InChI=1S/C14H18FN5/c1-8(2)12-13(17-7-18-14(12)20-16)19-11-5-9(3)4-10(15)6-11/h4-8H,16H2,1-3H3,(H2,17,18,19,20). The molecule has 106 valence electrons. The Morgan fingerprint density at radius 1 is 1.15 bits per heavy atom. The number of aryl methyl sites for hydroxylation is 1. The van der Waals surface area contributed by atoms with Crippen molar-refractivity contribution in [2.75, 3.05) is 10.7 Å². The summed E-state index contributed by atoms with van der Waals surface area (Å²) >= 11 is 0. The van der Waals surface area contributed by atoms with Gasteiger partial charge < -0.3 is 10.7 Å². The first-order valence-corrected chi connectivity index (χ1v) is 6.37. The Morgan fingerprint density at radius 2 is 1.85 bits per heavy atom. The minimum Gasteiger partial charge on any atom is -0.340 e. The average Bonchev–Trinajstić information content (AvgIpc) is 2.36. The fourth-order valence-electron chi connectivity index (χ4n) is 2.10. The number of nitrogens with zero attached hydrogens (tertiary/aromatic N) is 2. The molecule has 1 aromatic heterocycles. The highest BCUT2D eigenvalue weighted by atomic mass is 19.1. The van der Waals surface area contributed by atoms with Crippen LogP contribution >= 0.6 is 0 Å². The Balaban J connectivity index is 2.42. The van der Waals surface area contributed by atoms with Gasteiger partial charge in [-0.25, -0.2) is 20.2 Å². The summed E-state index contributed by atoms with van der Waals surface area (Å²) < 4.78 is 13.4. The van der Waals surface area contributed by atoms with E-state index >= 15 is 0 Å². The van der Waals surface area contributed by atoms with Gasteiger partial charge in [0.1, 0.15) is 23.8 Å². The van der Waals surface area contributed by atoms with Crippen LogP contribution in [0.2, 0.25) is 0 Å². The largest absolute Gasteiger partial charge is 0.340 e. The van der Waals surface area contributed by atoms with Gasteiger partial charge in [0.05, 0.1) is 0 Å². The van der Waals surface area contributed by atoms with Crippen molar-refractivity contribution in [1.29, 1.82) is 0 Å². The van der Waals surface area contributed by atoms with E-state index in [1.54, 1.807) is 0 Å². The molecule has 1 aromatic carbocycles. The second-order valence-corrected chi connectivity index (χ2v) is 4.93. The van der Waals surface area contributed by atoms with Gasteiger partial charge in [0.2, 0.25) is 0 Å². The number of nitrogens with one attached hydrogen (secondary N) is 2. The fourth-order valence-corrected chi connectivity index (χ4v) is 2.10. The highest BCUT2D eigenvalue weighted by Crippen LogP contribution is 2.30. The molecular weight excluding hydrogens is 257 g/mol. The molecule has 0 unspecified atom stereocenters. The van der Waals surface area contributed by atoms with Crippen molar-refractivity contribution in [2.24, 2.45) is 5.84 Å². The van der Waals surface area contributed by atoms with Gasteiger partial charge in [-0.3, -0.25) is 0 Å². The third kappa shape index (κ3) is 3.03. The van der Waals surface area contributed by atoms with E-state index in [9.17, 15) is 4.39 Å². The topological polar surface area (TPSA) is 75.9 Å². The lowest BCUT2D eigenvalue weighted by molar-refractivity contribution is 0.627. The second kappa shape index (κ2) is 5.83. The van der Waals surface area contributed by atoms with Gasteiger partial charge in [0.25, 0.3) is 0 Å². The van der Waals surface area contributed by atoms with E-state index in [4.69, 9.17) is 5.84 Å². The van der Waals surface area contributed by atoms with Crippen molar-refractivity contribution in [3.05, 3.63) is 41.5 Å². The van der Waals surface area contributed by atoms with Gasteiger partial charge in [0.15, 0.2) is 0 Å². The molecule has 2 rings (SSSR count). The number of hydrazine groups is 1. The summed E-state index contributed by atoms with van der Waals surface area (Å²) in [4.78, 5) is 8.32. The molecule has 0 aliphatic heterocycles. The molecule has 0 saturated carbocycles. The summed E-state index contributed by atoms with van der Waals surface area (Å²) in [6.45, 7) is 5.87. The number of hydrogen-bond donors (Lipinski definition) is 3. The Morgan fingerprint density at radius 3 is 2.45 bits per heavy atom. The summed E-state index contributed by atoms with van der Waals surface area (Å²) in [5, 5.41) is 3.12. The predicted octanol–water partition coefficient (Wildman–Crippen LogP) is 3.08. The Kier molecular flexibility index (Phi) is 4.14. The third-order valence-corrected chi connectivity index (χ3v) is 2.90. The van der Waals surface area contributed by atoms with E-state index in [2.05, 4.69) is 20.7 Å². The molecule has 4 N–H and O–H groups in total. The van der Waals surface area contributed by atoms with Gasteiger partial charge >= 0.3 is 0 Å². The molecule has 0 saturated heterocycles. The first-order chi connectivity index (χ1) is 9.51. The van der Waals surface area contributed by atoms with Crippen LogP contribution < -0.4 is 16.6 Å². The van der Waals surface area contributed by atoms with Gasteiger partial charge in [-0.05, 0) is 36.6 Å². The molecule has 0 fully saturated rings. The monoisotopic (exact) mass is 275 g/mol. The van der Waals surface area contributed by atoms with Crippen LogP contribution in [0.5, 0.6) is 0 Å². The van der Waals surface area contributed by atoms with Crippen LogP contribution in [0.25, 0.3) is 0 Å². The number of nitrogens with two attached hydrogens (primary N) is 1. The van der Waals surface area contributed by atoms with Crippen LogP contribution in [0.3, 0.4) is 0 Å². The lowest BCUT2D eigenvalue weighted by Crippen LogP contribution is -2.14. The van der Waals surface area contributed by atoms with Gasteiger partial charge in [-0.2, -0.15) is 0 Å². The summed E-state index contributed by atoms with van der Waals surface area (Å²) in [7, 11) is 0. The van der Waals surface area contributed by atoms with Crippen molar-refractivity contribution in [1.82, 2.24) is 9.97 Å². The van der Waals surface area contributed by atoms with E-state index in [0.717, 1.165) is 11.1 Å². The van der Waals surface area contributed by atoms with E-state index in [1.165, 1.54) is 18.5 Å². The third-order valence-electron chi connectivity index (χ3n) is 2.90. The SMILES string of the molecule is Cc1cc(F)cc(Nc2ncnc(NN)c2C(C)C)c1. The van der Waals surface area contributed by atoms with Crippen molar-refractivity contribution < 1.29 is 4.39 Å². The van der Waals surface area contributed by atoms with Crippen LogP contribution in [0.4, 0.5) is 21.7 Å². The first kappa shape index (κ1) is 14.2. The van der Waals surface area contributed by atoms with Crippen molar-refractivity contribution in [3.63, 3.8) is 0 Å². The Hall–Kier alpha value is -2.21. The molecule has 1 heterocycles. The number of benzene rings is 1. The maximum atomic E-state index is 13.4. The van der Waals surface area contributed by atoms with Crippen LogP contribution in [0.1, 0.15) is 30.9 Å². The lowest BCUT2D eigenvalue weighted by atomic mass is 10.0. The van der Waals surface area contributed by atoms with Crippen LogP contribution in [-0.2, 0) is 0 Å². The Bertz CT molecular complexity index is 592. The van der Waals surface area contributed by atoms with Gasteiger partial charge in [-0.15, -0.1) is 0 Å². The van der Waals surface area contributed by atoms with Crippen molar-refractivity contribution >= 4 is 17.3 Å². The highest BCUT2D eigenvalue weighted by Gasteiger charge is 2.14. The highest BCUT2D eigenvalue weighted by molar-refractivity contribution is 5.66. The first-order valence-electron chi connectivity index (χ1n) is 6.37. The zero-order valence-electron chi connectivity index (χ0n) is 11.7. The average molecular weight is 275 g/mol. The quantitative estimate of drug-likeness (QED) is 0.590. The molecule has 5 nitrogen and oxygen atoms in total. The van der Waals surface area contributed by atoms with Crippen molar-refractivity contribution in [2.45, 2.75) is 26.7 Å². The summed E-state index contributed by atoms with van der Waals surface area (Å²) in [6, 6.07) is 4.75. The molecule has 0 aliphatic rings. The zero-order chi connectivity index (χ0) is 14.7. The van der Waals surface area contributed by atoms with Gasteiger partial charge in [0, 0.05) is 11.3 Å². The zero-order valence-corrected chi connectivity index (χ0v) is 11.7. The van der Waals surface area contributed by atoms with E-state index in [0.29, 0.717) is 17.3 Å². The fraction of sp³-hybridized carbons (Fsp3) is 0.286.